The van der Waals surface area contributed by atoms with Crippen LogP contribution in [0.4, 0.5) is 0 Å². The number of carbonyl (C=O) groups excluding carboxylic acids is 1. The maximum absolute atomic E-state index is 13.0. The fraction of sp³-hybridized carbons (Fsp3) is 0.174. The second-order valence-electron chi connectivity index (χ2n) is 6.71. The Morgan fingerprint density at radius 2 is 1.20 bits per heavy atom. The maximum atomic E-state index is 13.0. The van der Waals surface area contributed by atoms with Gasteiger partial charge in [0.2, 0.25) is 0 Å². The molecule has 1 saturated carbocycles. The normalized spacial score (nSPS) is 25.9. The molecule has 3 atom stereocenters. The first-order valence-electron chi connectivity index (χ1n) is 8.60. The first-order chi connectivity index (χ1) is 12.2. The van der Waals surface area contributed by atoms with E-state index in [1.807, 2.05) is 91.0 Å². The Morgan fingerprint density at radius 3 is 1.76 bits per heavy atom. The monoisotopic (exact) mass is 328 g/mol. The molecule has 0 aliphatic heterocycles. The summed E-state index contributed by atoms with van der Waals surface area (Å²) in [5.74, 6) is -0.550. The van der Waals surface area contributed by atoms with Crippen LogP contribution in [-0.2, 0) is 10.4 Å². The van der Waals surface area contributed by atoms with Gasteiger partial charge in [-0.25, -0.2) is 0 Å². The highest BCUT2D eigenvalue weighted by molar-refractivity contribution is 5.91. The van der Waals surface area contributed by atoms with E-state index in [1.165, 1.54) is 0 Å². The molecule has 0 heterocycles. The van der Waals surface area contributed by atoms with Crippen molar-refractivity contribution in [1.29, 1.82) is 0 Å². The zero-order valence-corrected chi connectivity index (χ0v) is 13.9. The lowest BCUT2D eigenvalue weighted by atomic mass is 9.74. The second kappa shape index (κ2) is 6.30. The van der Waals surface area contributed by atoms with E-state index in [2.05, 4.69) is 0 Å². The SMILES string of the molecule is O=C1C[C@](O)(c2ccccc2)[C@H](c2ccccc2)[C@@H]1c1ccccc1. The Labute approximate surface area is 147 Å². The van der Waals surface area contributed by atoms with Crippen LogP contribution in [0.25, 0.3) is 0 Å². The number of aliphatic hydroxyl groups is 1. The Balaban J connectivity index is 1.90. The number of hydrogen-bond acceptors (Lipinski definition) is 2. The molecule has 3 aromatic rings. The molecule has 0 bridgehead atoms. The number of rotatable bonds is 3. The van der Waals surface area contributed by atoms with Crippen LogP contribution < -0.4 is 0 Å². The van der Waals surface area contributed by atoms with Crippen molar-refractivity contribution in [3.63, 3.8) is 0 Å². The van der Waals surface area contributed by atoms with Crippen LogP contribution in [0, 0.1) is 0 Å². The Bertz CT molecular complexity index is 858. The van der Waals surface area contributed by atoms with Crippen LogP contribution in [0.3, 0.4) is 0 Å². The number of hydrogen-bond donors (Lipinski definition) is 1. The van der Waals surface area contributed by atoms with E-state index in [9.17, 15) is 9.90 Å². The van der Waals surface area contributed by atoms with Crippen LogP contribution in [0.5, 0.6) is 0 Å². The predicted octanol–water partition coefficient (Wildman–Crippen LogP) is 4.41. The summed E-state index contributed by atoms with van der Waals surface area (Å²) in [5.41, 5.74) is 1.57. The molecule has 0 saturated heterocycles. The summed E-state index contributed by atoms with van der Waals surface area (Å²) in [6.07, 6.45) is 0.135. The van der Waals surface area contributed by atoms with Gasteiger partial charge in [-0.05, 0) is 16.7 Å². The van der Waals surface area contributed by atoms with Gasteiger partial charge in [-0.3, -0.25) is 4.79 Å². The van der Waals surface area contributed by atoms with Gasteiger partial charge in [0.1, 0.15) is 11.4 Å². The second-order valence-corrected chi connectivity index (χ2v) is 6.71. The number of ketones is 1. The Kier molecular flexibility index (Phi) is 3.98. The minimum atomic E-state index is -1.19. The van der Waals surface area contributed by atoms with Crippen LogP contribution in [-0.4, -0.2) is 10.9 Å². The van der Waals surface area contributed by atoms with Crippen molar-refractivity contribution >= 4 is 5.78 Å². The molecule has 2 nitrogen and oxygen atoms in total. The first kappa shape index (κ1) is 15.8. The molecule has 0 spiro atoms. The average molecular weight is 328 g/mol. The van der Waals surface area contributed by atoms with E-state index < -0.39 is 5.60 Å². The number of carbonyl (C=O) groups is 1. The maximum Gasteiger partial charge on any atom is 0.144 e. The summed E-state index contributed by atoms with van der Waals surface area (Å²) in [7, 11) is 0. The minimum absolute atomic E-state index is 0.0893. The average Bonchev–Trinajstić information content (AvgIpc) is 2.95. The predicted molar refractivity (Wildman–Crippen MR) is 98.3 cm³/mol. The van der Waals surface area contributed by atoms with Crippen LogP contribution in [0.2, 0.25) is 0 Å². The Morgan fingerprint density at radius 1 is 0.720 bits per heavy atom. The molecule has 25 heavy (non-hydrogen) atoms. The summed E-state index contributed by atoms with van der Waals surface area (Å²) >= 11 is 0. The number of benzene rings is 3. The Hall–Kier alpha value is -2.71. The van der Waals surface area contributed by atoms with Gasteiger partial charge >= 0.3 is 0 Å². The minimum Gasteiger partial charge on any atom is -0.384 e. The lowest BCUT2D eigenvalue weighted by Crippen LogP contribution is -2.30. The smallest absolute Gasteiger partial charge is 0.144 e. The van der Waals surface area contributed by atoms with Gasteiger partial charge in [-0.2, -0.15) is 0 Å². The summed E-state index contributed by atoms with van der Waals surface area (Å²) in [6, 6.07) is 29.3. The van der Waals surface area contributed by atoms with Crippen molar-refractivity contribution in [2.24, 2.45) is 0 Å². The fourth-order valence-electron chi connectivity index (χ4n) is 4.12. The molecule has 1 aliphatic rings. The number of Topliss-reactive ketones (excluding diaryl/α,β-unsaturated/α-hetero) is 1. The van der Waals surface area contributed by atoms with Crippen LogP contribution in [0.15, 0.2) is 91.0 Å². The van der Waals surface area contributed by atoms with Crippen molar-refractivity contribution in [2.75, 3.05) is 0 Å². The van der Waals surface area contributed by atoms with Crippen molar-refractivity contribution in [1.82, 2.24) is 0 Å². The van der Waals surface area contributed by atoms with E-state index in [0.717, 1.165) is 16.7 Å². The highest BCUT2D eigenvalue weighted by Crippen LogP contribution is 2.54. The van der Waals surface area contributed by atoms with Crippen LogP contribution in [0.1, 0.15) is 34.9 Å². The zero-order chi connectivity index (χ0) is 17.3. The van der Waals surface area contributed by atoms with Gasteiger partial charge in [-0.15, -0.1) is 0 Å². The molecule has 0 radical (unpaired) electrons. The van der Waals surface area contributed by atoms with E-state index in [1.54, 1.807) is 0 Å². The molecule has 1 fully saturated rings. The van der Waals surface area contributed by atoms with E-state index in [0.29, 0.717) is 0 Å². The summed E-state index contributed by atoms with van der Waals surface area (Å²) in [6.45, 7) is 0. The molecule has 0 aromatic heterocycles. The van der Waals surface area contributed by atoms with Gasteiger partial charge in [0.15, 0.2) is 0 Å². The topological polar surface area (TPSA) is 37.3 Å². The molecule has 1 aliphatic carbocycles. The van der Waals surface area contributed by atoms with E-state index in [-0.39, 0.29) is 24.0 Å². The van der Waals surface area contributed by atoms with Gasteiger partial charge in [0.05, 0.1) is 5.92 Å². The lowest BCUT2D eigenvalue weighted by Gasteiger charge is -2.33. The molecule has 2 heteroatoms. The third-order valence-corrected chi connectivity index (χ3v) is 5.23. The molecular weight excluding hydrogens is 308 g/mol. The lowest BCUT2D eigenvalue weighted by molar-refractivity contribution is -0.119. The van der Waals surface area contributed by atoms with Crippen molar-refractivity contribution in [3.8, 4) is 0 Å². The quantitative estimate of drug-likeness (QED) is 0.773. The third kappa shape index (κ3) is 2.69. The highest BCUT2D eigenvalue weighted by atomic mass is 16.3. The van der Waals surface area contributed by atoms with Gasteiger partial charge in [0, 0.05) is 12.3 Å². The largest absolute Gasteiger partial charge is 0.384 e. The van der Waals surface area contributed by atoms with E-state index >= 15 is 0 Å². The summed E-state index contributed by atoms with van der Waals surface area (Å²) < 4.78 is 0. The highest BCUT2D eigenvalue weighted by Gasteiger charge is 2.54. The van der Waals surface area contributed by atoms with Gasteiger partial charge < -0.3 is 5.11 Å². The van der Waals surface area contributed by atoms with Crippen molar-refractivity contribution in [2.45, 2.75) is 23.9 Å². The molecule has 124 valence electrons. The summed E-state index contributed by atoms with van der Waals surface area (Å²) in [5, 5.41) is 11.7. The first-order valence-corrected chi connectivity index (χ1v) is 8.60. The zero-order valence-electron chi connectivity index (χ0n) is 13.9. The van der Waals surface area contributed by atoms with Gasteiger partial charge in [-0.1, -0.05) is 91.0 Å². The van der Waals surface area contributed by atoms with Crippen molar-refractivity contribution in [3.05, 3.63) is 108 Å². The van der Waals surface area contributed by atoms with Gasteiger partial charge in [0.25, 0.3) is 0 Å². The van der Waals surface area contributed by atoms with Crippen molar-refractivity contribution < 1.29 is 9.90 Å². The molecule has 3 aromatic carbocycles. The molecule has 4 rings (SSSR count). The molecular formula is C23H20O2. The van der Waals surface area contributed by atoms with E-state index in [4.69, 9.17) is 0 Å². The standard InChI is InChI=1S/C23H20O2/c24-20-16-23(25,19-14-8-3-9-15-19)22(18-12-6-2-7-13-18)21(20)17-10-4-1-5-11-17/h1-15,21-22,25H,16H2/t21-,22-,23+/m1/s1. The third-order valence-electron chi connectivity index (χ3n) is 5.23. The molecule has 1 N–H and O–H groups in total. The summed E-state index contributed by atoms with van der Waals surface area (Å²) in [4.78, 5) is 13.0. The van der Waals surface area contributed by atoms with Crippen LogP contribution >= 0.6 is 0 Å². The molecule has 0 unspecified atom stereocenters. The fourth-order valence-corrected chi connectivity index (χ4v) is 4.12. The molecule has 0 amide bonds.